The van der Waals surface area contributed by atoms with E-state index < -0.39 is 0 Å². The molecule has 0 radical (unpaired) electrons. The van der Waals surface area contributed by atoms with Crippen molar-refractivity contribution in [3.63, 3.8) is 0 Å². The molecule has 3 N–H and O–H groups in total. The highest BCUT2D eigenvalue weighted by Gasteiger charge is 2.35. The molecule has 3 heterocycles. The minimum atomic E-state index is -0.296. The molecule has 0 saturated carbocycles. The molecule has 4 rings (SSSR count). The van der Waals surface area contributed by atoms with Crippen LogP contribution in [-0.2, 0) is 11.2 Å². The van der Waals surface area contributed by atoms with E-state index in [1.807, 2.05) is 32.0 Å². The zero-order valence-electron chi connectivity index (χ0n) is 18.8. The number of ether oxygens (including phenoxy) is 2. The predicted molar refractivity (Wildman–Crippen MR) is 121 cm³/mol. The van der Waals surface area contributed by atoms with Gasteiger partial charge in [-0.05, 0) is 31.9 Å². The lowest BCUT2D eigenvalue weighted by molar-refractivity contribution is 0.00758. The monoisotopic (exact) mass is 441 g/mol. The van der Waals surface area contributed by atoms with Gasteiger partial charge in [0.05, 0.1) is 17.7 Å². The van der Waals surface area contributed by atoms with Crippen molar-refractivity contribution in [2.24, 2.45) is 0 Å². The van der Waals surface area contributed by atoms with Crippen molar-refractivity contribution in [1.82, 2.24) is 20.2 Å². The number of carbonyl (C=O) groups excluding carboxylic acids is 1. The highest BCUT2D eigenvalue weighted by Crippen LogP contribution is 2.37. The molecule has 2 unspecified atom stereocenters. The first-order chi connectivity index (χ1) is 15.3. The predicted octanol–water partition coefficient (Wildman–Crippen LogP) is 1.41. The number of hydrogen-bond donors (Lipinski definition) is 3. The molecule has 1 fully saturated rings. The summed E-state index contributed by atoms with van der Waals surface area (Å²) in [5, 5.41) is 6.29. The van der Waals surface area contributed by atoms with Crippen LogP contribution in [0.1, 0.15) is 36.2 Å². The molecule has 172 valence electrons. The van der Waals surface area contributed by atoms with Crippen LogP contribution in [0.15, 0.2) is 35.3 Å². The summed E-state index contributed by atoms with van der Waals surface area (Å²) in [7, 11) is 1.68. The number of anilines is 1. The van der Waals surface area contributed by atoms with Crippen LogP contribution >= 0.6 is 0 Å². The Bertz CT molecular complexity index is 1020. The van der Waals surface area contributed by atoms with Crippen LogP contribution in [0.2, 0.25) is 0 Å². The molecular weight excluding hydrogens is 410 g/mol. The highest BCUT2D eigenvalue weighted by atomic mass is 16.5. The Labute approximate surface area is 187 Å². The van der Waals surface area contributed by atoms with Crippen LogP contribution < -0.4 is 20.9 Å². The van der Waals surface area contributed by atoms with Gasteiger partial charge in [-0.15, -0.1) is 0 Å². The van der Waals surface area contributed by atoms with Crippen molar-refractivity contribution in [3.8, 4) is 5.75 Å². The molecule has 0 bridgehead atoms. The van der Waals surface area contributed by atoms with Crippen LogP contribution in [0.3, 0.4) is 0 Å². The molecule has 1 saturated heterocycles. The van der Waals surface area contributed by atoms with Crippen molar-refractivity contribution < 1.29 is 14.3 Å². The van der Waals surface area contributed by atoms with Gasteiger partial charge in [0.25, 0.3) is 11.5 Å². The molecule has 2 atom stereocenters. The SMILES string of the molecule is COC1CN(CCNc2nccc(=O)[nH]2)CCC1NC(=O)c1cccc2c1OC(C)(C)C2. The molecule has 1 aromatic heterocycles. The van der Waals surface area contributed by atoms with E-state index in [-0.39, 0.29) is 29.2 Å². The van der Waals surface area contributed by atoms with Gasteiger partial charge in [0, 0.05) is 52.0 Å². The van der Waals surface area contributed by atoms with Gasteiger partial charge in [-0.3, -0.25) is 19.5 Å². The molecule has 1 aromatic carbocycles. The molecule has 2 aliphatic rings. The average molecular weight is 442 g/mol. The molecule has 2 aromatic rings. The van der Waals surface area contributed by atoms with Crippen molar-refractivity contribution in [2.75, 3.05) is 38.6 Å². The Hall–Kier alpha value is -2.91. The first-order valence-corrected chi connectivity index (χ1v) is 11.0. The Morgan fingerprint density at radius 1 is 1.38 bits per heavy atom. The third-order valence-corrected chi connectivity index (χ3v) is 5.99. The molecule has 9 heteroatoms. The quantitative estimate of drug-likeness (QED) is 0.596. The zero-order valence-corrected chi connectivity index (χ0v) is 18.8. The number of nitrogens with zero attached hydrogens (tertiary/aromatic N) is 2. The smallest absolute Gasteiger partial charge is 0.255 e. The summed E-state index contributed by atoms with van der Waals surface area (Å²) in [6.45, 7) is 7.02. The van der Waals surface area contributed by atoms with Gasteiger partial charge < -0.3 is 20.1 Å². The van der Waals surface area contributed by atoms with Gasteiger partial charge >= 0.3 is 0 Å². The number of likely N-dealkylation sites (tertiary alicyclic amines) is 1. The Morgan fingerprint density at radius 2 is 2.22 bits per heavy atom. The number of para-hydroxylation sites is 1. The Morgan fingerprint density at radius 3 is 3.00 bits per heavy atom. The molecule has 32 heavy (non-hydrogen) atoms. The first kappa shape index (κ1) is 22.3. The minimum absolute atomic E-state index is 0.0749. The van der Waals surface area contributed by atoms with E-state index in [0.29, 0.717) is 30.4 Å². The van der Waals surface area contributed by atoms with Gasteiger partial charge in [0.2, 0.25) is 5.95 Å². The second-order valence-electron chi connectivity index (χ2n) is 8.99. The van der Waals surface area contributed by atoms with E-state index in [2.05, 4.69) is 25.5 Å². The third-order valence-electron chi connectivity index (χ3n) is 5.99. The number of rotatable bonds is 7. The minimum Gasteiger partial charge on any atom is -0.486 e. The van der Waals surface area contributed by atoms with Gasteiger partial charge in [-0.1, -0.05) is 12.1 Å². The maximum absolute atomic E-state index is 13.1. The normalized spacial score (nSPS) is 22.1. The summed E-state index contributed by atoms with van der Waals surface area (Å²) in [5.41, 5.74) is 1.17. The van der Waals surface area contributed by atoms with Crippen LogP contribution in [0.5, 0.6) is 5.75 Å². The summed E-state index contributed by atoms with van der Waals surface area (Å²) < 4.78 is 11.8. The zero-order chi connectivity index (χ0) is 22.7. The number of carbonyl (C=O) groups is 1. The van der Waals surface area contributed by atoms with Gasteiger partial charge in [-0.25, -0.2) is 4.98 Å². The molecule has 1 amide bonds. The number of amides is 1. The van der Waals surface area contributed by atoms with Gasteiger partial charge in [-0.2, -0.15) is 0 Å². The van der Waals surface area contributed by atoms with E-state index in [4.69, 9.17) is 9.47 Å². The molecule has 0 aliphatic carbocycles. The number of aromatic nitrogens is 2. The molecule has 0 spiro atoms. The third kappa shape index (κ3) is 5.11. The summed E-state index contributed by atoms with van der Waals surface area (Å²) in [4.78, 5) is 33.5. The van der Waals surface area contributed by atoms with Crippen molar-refractivity contribution in [1.29, 1.82) is 0 Å². The fourth-order valence-electron chi connectivity index (χ4n) is 4.42. The maximum atomic E-state index is 13.1. The number of aromatic amines is 1. The molecule has 2 aliphatic heterocycles. The van der Waals surface area contributed by atoms with Gasteiger partial charge in [0.15, 0.2) is 0 Å². The number of methoxy groups -OCH3 is 1. The number of H-pyrrole nitrogens is 1. The lowest BCUT2D eigenvalue weighted by Gasteiger charge is -2.38. The van der Waals surface area contributed by atoms with Crippen molar-refractivity contribution >= 4 is 11.9 Å². The summed E-state index contributed by atoms with van der Waals surface area (Å²) in [5.74, 6) is 1.03. The van der Waals surface area contributed by atoms with Crippen LogP contribution in [-0.4, -0.2) is 71.8 Å². The van der Waals surface area contributed by atoms with E-state index >= 15 is 0 Å². The molecular formula is C23H31N5O4. The van der Waals surface area contributed by atoms with Crippen molar-refractivity contribution in [2.45, 2.75) is 44.4 Å². The number of hydrogen-bond acceptors (Lipinski definition) is 7. The number of nitrogens with one attached hydrogen (secondary N) is 3. The van der Waals surface area contributed by atoms with Crippen LogP contribution in [0.25, 0.3) is 0 Å². The van der Waals surface area contributed by atoms with Crippen molar-refractivity contribution in [3.05, 3.63) is 51.9 Å². The fraction of sp³-hybridized carbons (Fsp3) is 0.522. The Balaban J connectivity index is 1.32. The van der Waals surface area contributed by atoms with E-state index in [9.17, 15) is 9.59 Å². The Kier molecular flexibility index (Phi) is 6.48. The van der Waals surface area contributed by atoms with E-state index in [0.717, 1.165) is 31.5 Å². The molecule has 9 nitrogen and oxygen atoms in total. The lowest BCUT2D eigenvalue weighted by Crippen LogP contribution is -2.55. The number of fused-ring (bicyclic) bond motifs is 1. The average Bonchev–Trinajstić information content (AvgIpc) is 3.08. The standard InChI is InChI=1S/C23H31N5O4/c1-23(2)13-15-5-4-6-16(20(15)32-23)21(30)26-17-8-11-28(14-18(17)31-3)12-10-25-22-24-9-7-19(29)27-22/h4-7,9,17-18H,8,10-14H2,1-3H3,(H,26,30)(H2,24,25,27,29). The van der Waals surface area contributed by atoms with Crippen LogP contribution in [0.4, 0.5) is 5.95 Å². The summed E-state index contributed by atoms with van der Waals surface area (Å²) in [6.07, 6.45) is 2.94. The fourth-order valence-corrected chi connectivity index (χ4v) is 4.42. The number of piperidine rings is 1. The maximum Gasteiger partial charge on any atom is 0.255 e. The topological polar surface area (TPSA) is 109 Å². The lowest BCUT2D eigenvalue weighted by atomic mass is 9.99. The highest BCUT2D eigenvalue weighted by molar-refractivity contribution is 5.97. The first-order valence-electron chi connectivity index (χ1n) is 11.0. The van der Waals surface area contributed by atoms with E-state index in [1.54, 1.807) is 7.11 Å². The van der Waals surface area contributed by atoms with Crippen LogP contribution in [0, 0.1) is 0 Å². The van der Waals surface area contributed by atoms with E-state index in [1.165, 1.54) is 12.3 Å². The second kappa shape index (κ2) is 9.30. The summed E-state index contributed by atoms with van der Waals surface area (Å²) in [6, 6.07) is 7.06. The largest absolute Gasteiger partial charge is 0.486 e. The van der Waals surface area contributed by atoms with Gasteiger partial charge in [0.1, 0.15) is 11.4 Å². The number of benzene rings is 1. The summed E-state index contributed by atoms with van der Waals surface area (Å²) >= 11 is 0. The second-order valence-corrected chi connectivity index (χ2v) is 8.99.